The van der Waals surface area contributed by atoms with Gasteiger partial charge in [-0.15, -0.1) is 0 Å². The summed E-state index contributed by atoms with van der Waals surface area (Å²) in [5.41, 5.74) is 15.5. The van der Waals surface area contributed by atoms with Gasteiger partial charge in [0.15, 0.2) is 23.0 Å². The van der Waals surface area contributed by atoms with Crippen molar-refractivity contribution in [2.24, 2.45) is 0 Å². The summed E-state index contributed by atoms with van der Waals surface area (Å²) in [5, 5.41) is 16.8. The van der Waals surface area contributed by atoms with Gasteiger partial charge in [0.2, 0.25) is 6.79 Å². The number of fused-ring (bicyclic) bond motifs is 5. The predicted molar refractivity (Wildman–Crippen MR) is 207 cm³/mol. The van der Waals surface area contributed by atoms with E-state index in [-0.39, 0.29) is 47.1 Å². The van der Waals surface area contributed by atoms with E-state index in [1.807, 2.05) is 43.8 Å². The molecule has 7 heterocycles. The molecular formula is C39H47N5O6S2. The summed E-state index contributed by atoms with van der Waals surface area (Å²) < 4.78 is 28.7. The molecule has 3 aromatic carbocycles. The first-order chi connectivity index (χ1) is 25.1. The Kier molecular flexibility index (Phi) is 8.31. The maximum absolute atomic E-state index is 12.9. The van der Waals surface area contributed by atoms with Crippen LogP contribution in [0.4, 0.5) is 5.69 Å². The molecule has 2 bridgehead atoms. The number of nitrogens with zero attached hydrogens (tertiary/aromatic N) is 1. The minimum Gasteiger partial charge on any atom is -0.504 e. The molecule has 0 radical (unpaired) electrons. The van der Waals surface area contributed by atoms with Crippen molar-refractivity contribution in [1.82, 2.24) is 19.9 Å². The van der Waals surface area contributed by atoms with E-state index in [2.05, 4.69) is 38.3 Å². The summed E-state index contributed by atoms with van der Waals surface area (Å²) >= 11 is 1.92. The normalized spacial score (nSPS) is 29.2. The monoisotopic (exact) mass is 745 g/mol. The number of carbonyl (C=O) groups excluding carboxylic acids is 1. The van der Waals surface area contributed by atoms with Gasteiger partial charge < -0.3 is 40.1 Å². The van der Waals surface area contributed by atoms with Gasteiger partial charge in [-0.05, 0) is 62.3 Å². The standard InChI is InChI=1S/C39H47N5O6S2/c1-19-8-10-24(34(46)35(19)47-4)32-33-39-30-29(38-37(48-18-49-38)20(2)36(30)50-21(3)45)27(44(33)14-13-41-32)17-52(5)28(16-51-39)31-23(7-6-12-42-52)25-15-22(40)9-11-26(25)43-31/h8-11,15,27-28,32-33,39,41-43,46H,6-7,12-14,16-18,40H2,1-5H3. The molecular weight excluding hydrogens is 699 g/mol. The maximum Gasteiger partial charge on any atom is 0.308 e. The smallest absolute Gasteiger partial charge is 0.308 e. The van der Waals surface area contributed by atoms with Crippen LogP contribution in [0.1, 0.15) is 75.0 Å². The molecule has 2 fully saturated rings. The lowest BCUT2D eigenvalue weighted by Gasteiger charge is -2.54. The number of esters is 1. The molecule has 10 rings (SSSR count). The number of rotatable bonds is 3. The van der Waals surface area contributed by atoms with E-state index >= 15 is 0 Å². The maximum atomic E-state index is 12.9. The lowest BCUT2D eigenvalue weighted by molar-refractivity contribution is -0.132. The average molecular weight is 746 g/mol. The van der Waals surface area contributed by atoms with Crippen LogP contribution in [0.3, 0.4) is 0 Å². The van der Waals surface area contributed by atoms with Crippen LogP contribution >= 0.6 is 22.0 Å². The van der Waals surface area contributed by atoms with Gasteiger partial charge in [-0.1, -0.05) is 12.1 Å². The van der Waals surface area contributed by atoms with Crippen LogP contribution in [0, 0.1) is 13.8 Å². The van der Waals surface area contributed by atoms with Crippen molar-refractivity contribution in [2.75, 3.05) is 57.0 Å². The Morgan fingerprint density at radius 2 is 1.94 bits per heavy atom. The number of aromatic hydroxyl groups is 1. The fraction of sp³-hybridized carbons (Fsp3) is 0.462. The van der Waals surface area contributed by atoms with Gasteiger partial charge in [0, 0.05) is 99.9 Å². The van der Waals surface area contributed by atoms with Crippen LogP contribution in [0.15, 0.2) is 30.3 Å². The van der Waals surface area contributed by atoms with Crippen LogP contribution in [0.25, 0.3) is 10.9 Å². The van der Waals surface area contributed by atoms with Gasteiger partial charge in [0.25, 0.3) is 0 Å². The minimum atomic E-state index is -1.56. The van der Waals surface area contributed by atoms with E-state index in [4.69, 9.17) is 24.7 Å². The third kappa shape index (κ3) is 5.10. The third-order valence-electron chi connectivity index (χ3n) is 11.9. The molecule has 11 nitrogen and oxygen atoms in total. The quantitative estimate of drug-likeness (QED) is 0.0927. The van der Waals surface area contributed by atoms with Gasteiger partial charge in [-0.3, -0.25) is 14.4 Å². The molecule has 0 amide bonds. The van der Waals surface area contributed by atoms with Crippen LogP contribution < -0.4 is 34.7 Å². The van der Waals surface area contributed by atoms with E-state index in [0.29, 0.717) is 17.2 Å². The first-order valence-corrected chi connectivity index (χ1v) is 21.4. The van der Waals surface area contributed by atoms with Gasteiger partial charge in [-0.25, -0.2) is 0 Å². The van der Waals surface area contributed by atoms with Crippen LogP contribution in [-0.2, 0) is 11.2 Å². The molecule has 6 aliphatic heterocycles. The highest BCUT2D eigenvalue weighted by Crippen LogP contribution is 2.68. The van der Waals surface area contributed by atoms with Crippen molar-refractivity contribution in [2.45, 2.75) is 62.2 Å². The van der Waals surface area contributed by atoms with E-state index in [1.165, 1.54) is 23.6 Å². The molecule has 6 unspecified atom stereocenters. The van der Waals surface area contributed by atoms with E-state index in [9.17, 15) is 9.90 Å². The number of aromatic nitrogens is 1. The number of hydrogen-bond donors (Lipinski definition) is 5. The summed E-state index contributed by atoms with van der Waals surface area (Å²) in [6, 6.07) is 9.86. The van der Waals surface area contributed by atoms with Crippen molar-refractivity contribution < 1.29 is 28.8 Å². The van der Waals surface area contributed by atoms with Gasteiger partial charge in [0.05, 0.1) is 18.4 Å². The lowest BCUT2D eigenvalue weighted by Crippen LogP contribution is -2.59. The van der Waals surface area contributed by atoms with Crippen molar-refractivity contribution in [3.8, 4) is 28.7 Å². The van der Waals surface area contributed by atoms with Crippen molar-refractivity contribution in [3.63, 3.8) is 0 Å². The van der Waals surface area contributed by atoms with Crippen LogP contribution in [0.5, 0.6) is 28.7 Å². The zero-order chi connectivity index (χ0) is 36.1. The van der Waals surface area contributed by atoms with Crippen LogP contribution in [0.2, 0.25) is 0 Å². The molecule has 0 spiro atoms. The summed E-state index contributed by atoms with van der Waals surface area (Å²) in [6.45, 7) is 7.95. The number of benzene rings is 3. The molecule has 6 N–H and O–H groups in total. The number of nitrogens with one attached hydrogen (secondary N) is 3. The highest BCUT2D eigenvalue weighted by molar-refractivity contribution is 8.32. The zero-order valence-electron chi connectivity index (χ0n) is 30.3. The molecule has 6 atom stereocenters. The summed E-state index contributed by atoms with van der Waals surface area (Å²) in [4.78, 5) is 19.4. The largest absolute Gasteiger partial charge is 0.504 e. The van der Waals surface area contributed by atoms with Crippen molar-refractivity contribution >= 4 is 44.5 Å². The number of hydrogen-bond acceptors (Lipinski definition) is 11. The first-order valence-electron chi connectivity index (χ1n) is 18.1. The summed E-state index contributed by atoms with van der Waals surface area (Å²) in [5.74, 6) is 3.95. The first kappa shape index (κ1) is 34.0. The fourth-order valence-corrected chi connectivity index (χ4v) is 15.4. The number of aromatic amines is 1. The fourth-order valence-electron chi connectivity index (χ4n) is 9.59. The van der Waals surface area contributed by atoms with E-state index in [0.717, 1.165) is 88.8 Å². The number of nitrogens with two attached hydrogens (primary N) is 1. The third-order valence-corrected chi connectivity index (χ3v) is 17.0. The molecule has 276 valence electrons. The number of aryl methyl sites for hydroxylation is 2. The number of phenols is 1. The Morgan fingerprint density at radius 3 is 2.75 bits per heavy atom. The van der Waals surface area contributed by atoms with Crippen molar-refractivity contribution in [1.29, 1.82) is 0 Å². The SMILES string of the molecule is COc1c(C)ccc(C2NCCN3C4CS5(C)NCCCc6c([nH]c7ccc(N)cc67)C5CSC(c5c(OC(C)=O)c(C)c6c(c54)OCO6)C23)c1O. The number of piperazine rings is 1. The predicted octanol–water partition coefficient (Wildman–Crippen LogP) is 6.22. The van der Waals surface area contributed by atoms with Gasteiger partial charge >= 0.3 is 5.97 Å². The highest BCUT2D eigenvalue weighted by atomic mass is 32.3. The number of ether oxygens (including phenoxy) is 4. The second-order valence-corrected chi connectivity index (χ2v) is 19.5. The molecule has 6 aliphatic rings. The summed E-state index contributed by atoms with van der Waals surface area (Å²) in [7, 11) is 0.0413. The summed E-state index contributed by atoms with van der Waals surface area (Å²) in [6.07, 6.45) is 4.46. The molecule has 2 saturated heterocycles. The Bertz CT molecular complexity index is 2120. The van der Waals surface area contributed by atoms with E-state index < -0.39 is 10.2 Å². The number of nitrogen functional groups attached to an aromatic ring is 1. The Balaban J connectivity index is 1.29. The second kappa shape index (κ2) is 12.7. The molecule has 0 aliphatic carbocycles. The Morgan fingerprint density at radius 1 is 1.12 bits per heavy atom. The zero-order valence-corrected chi connectivity index (χ0v) is 31.9. The number of methoxy groups -OCH3 is 1. The Hall–Kier alpha value is -3.75. The topological polar surface area (TPSA) is 143 Å². The molecule has 4 aromatic rings. The molecule has 1 aromatic heterocycles. The van der Waals surface area contributed by atoms with Gasteiger partial charge in [-0.2, -0.15) is 22.0 Å². The van der Waals surface area contributed by atoms with Gasteiger partial charge in [0.1, 0.15) is 5.75 Å². The number of anilines is 1. The van der Waals surface area contributed by atoms with Crippen LogP contribution in [-0.4, -0.2) is 78.3 Å². The number of H-pyrrole nitrogens is 1. The number of carbonyl (C=O) groups is 1. The van der Waals surface area contributed by atoms with E-state index in [1.54, 1.807) is 7.11 Å². The molecule has 52 heavy (non-hydrogen) atoms. The minimum absolute atomic E-state index is 0.0858. The Labute approximate surface area is 309 Å². The number of thioether (sulfide) groups is 1. The molecule has 13 heteroatoms. The van der Waals surface area contributed by atoms with Crippen molar-refractivity contribution in [3.05, 3.63) is 69.4 Å². The second-order valence-electron chi connectivity index (χ2n) is 14.9. The molecule has 0 saturated carbocycles. The highest BCUT2D eigenvalue weighted by Gasteiger charge is 2.55. The average Bonchev–Trinajstić information content (AvgIpc) is 3.75. The lowest BCUT2D eigenvalue weighted by atomic mass is 9.79. The number of phenolic OH excluding ortho intramolecular Hbond substituents is 1.